The highest BCUT2D eigenvalue weighted by atomic mass is 16.5. The molecule has 5 N–H and O–H groups in total. The van der Waals surface area contributed by atoms with Crippen LogP contribution in [0.3, 0.4) is 0 Å². The van der Waals surface area contributed by atoms with Crippen LogP contribution in [-0.4, -0.2) is 49.9 Å². The Morgan fingerprint density at radius 2 is 2.27 bits per heavy atom. The molecule has 3 heterocycles. The summed E-state index contributed by atoms with van der Waals surface area (Å²) in [4.78, 5) is 8.74. The van der Waals surface area contributed by atoms with Crippen LogP contribution < -0.4 is 11.1 Å². The van der Waals surface area contributed by atoms with Crippen molar-refractivity contribution < 1.29 is 15.1 Å². The maximum absolute atomic E-state index is 9.32. The van der Waals surface area contributed by atoms with E-state index in [0.29, 0.717) is 28.3 Å². The summed E-state index contributed by atoms with van der Waals surface area (Å²) in [5.41, 5.74) is 7.09. The highest BCUT2D eigenvalue weighted by molar-refractivity contribution is 6.11. The molecule has 0 spiro atoms. The topological polar surface area (TPSA) is 131 Å². The van der Waals surface area contributed by atoms with Gasteiger partial charge >= 0.3 is 0 Å². The normalized spacial score (nSPS) is 21.0. The van der Waals surface area contributed by atoms with Gasteiger partial charge in [-0.15, -0.1) is 0 Å². The lowest BCUT2D eigenvalue weighted by atomic mass is 10.1. The van der Waals surface area contributed by atoms with E-state index in [0.717, 1.165) is 25.8 Å². The summed E-state index contributed by atoms with van der Waals surface area (Å²) in [5.74, 6) is 1.20. The van der Waals surface area contributed by atoms with Crippen molar-refractivity contribution in [3.05, 3.63) is 18.1 Å². The molecular weight excluding hydrogens is 336 g/mol. The van der Waals surface area contributed by atoms with Crippen molar-refractivity contribution in [1.29, 1.82) is 0 Å². The molecule has 2 atom stereocenters. The highest BCUT2D eigenvalue weighted by Gasteiger charge is 2.29. The quantitative estimate of drug-likeness (QED) is 0.255. The number of nitrogens with zero attached hydrogens (tertiary/aromatic N) is 4. The molecule has 1 aliphatic heterocycles. The first-order valence-electron chi connectivity index (χ1n) is 8.88. The van der Waals surface area contributed by atoms with Gasteiger partial charge in [0.05, 0.1) is 23.7 Å². The van der Waals surface area contributed by atoms with Gasteiger partial charge in [-0.3, -0.25) is 0 Å². The lowest BCUT2D eigenvalue weighted by Gasteiger charge is -2.15. The van der Waals surface area contributed by atoms with Crippen molar-refractivity contribution in [3.8, 4) is 0 Å². The monoisotopic (exact) mass is 362 g/mol. The fourth-order valence-corrected chi connectivity index (χ4v) is 3.19. The summed E-state index contributed by atoms with van der Waals surface area (Å²) in [6, 6.07) is 0. The maximum atomic E-state index is 9.32. The zero-order valence-electron chi connectivity index (χ0n) is 15.1. The molecule has 26 heavy (non-hydrogen) atoms. The van der Waals surface area contributed by atoms with Gasteiger partial charge in [-0.1, -0.05) is 19.0 Å². The second kappa shape index (κ2) is 7.88. The number of oxime groups is 1. The lowest BCUT2D eigenvalue weighted by Crippen LogP contribution is -2.15. The molecule has 0 amide bonds. The summed E-state index contributed by atoms with van der Waals surface area (Å²) >= 11 is 0. The number of nitrogens with one attached hydrogen (secondary N) is 1. The summed E-state index contributed by atoms with van der Waals surface area (Å²) in [6.45, 7) is 5.06. The van der Waals surface area contributed by atoms with Crippen LogP contribution in [0.25, 0.3) is 11.0 Å². The average molecular weight is 362 g/mol. The number of hydrogen-bond donors (Lipinski definition) is 4. The minimum Gasteiger partial charge on any atom is -0.409 e. The van der Waals surface area contributed by atoms with E-state index >= 15 is 0 Å². The summed E-state index contributed by atoms with van der Waals surface area (Å²) < 4.78 is 7.74. The molecule has 0 aliphatic carbocycles. The molecule has 0 aromatic carbocycles. The van der Waals surface area contributed by atoms with E-state index in [2.05, 4.69) is 34.3 Å². The number of hydrogen-bond acceptors (Lipinski definition) is 7. The van der Waals surface area contributed by atoms with Crippen LogP contribution in [0.5, 0.6) is 0 Å². The SMILES string of the molecule is CC(C)CCNc1ncnc2c1c(/C(N)=N\O)cn2C1CCC(CO)O1. The third kappa shape index (κ3) is 3.58. The van der Waals surface area contributed by atoms with Crippen molar-refractivity contribution in [2.75, 3.05) is 18.5 Å². The third-order valence-corrected chi connectivity index (χ3v) is 4.61. The van der Waals surface area contributed by atoms with E-state index in [4.69, 9.17) is 10.5 Å². The zero-order chi connectivity index (χ0) is 18.7. The van der Waals surface area contributed by atoms with Crippen LogP contribution in [0.1, 0.15) is 44.9 Å². The Labute approximate surface area is 151 Å². The molecule has 142 valence electrons. The zero-order valence-corrected chi connectivity index (χ0v) is 15.1. The summed E-state index contributed by atoms with van der Waals surface area (Å²) in [7, 11) is 0. The number of aliphatic hydroxyl groups is 1. The van der Waals surface area contributed by atoms with Gasteiger partial charge in [0.1, 0.15) is 24.0 Å². The predicted octanol–water partition coefficient (Wildman–Crippen LogP) is 1.65. The van der Waals surface area contributed by atoms with E-state index in [1.54, 1.807) is 6.20 Å². The van der Waals surface area contributed by atoms with Crippen molar-refractivity contribution in [2.24, 2.45) is 16.8 Å². The van der Waals surface area contributed by atoms with Gasteiger partial charge < -0.3 is 30.7 Å². The number of aliphatic hydroxyl groups excluding tert-OH is 1. The van der Waals surface area contributed by atoms with Gasteiger partial charge in [-0.25, -0.2) is 9.97 Å². The Hall–Kier alpha value is -2.39. The maximum Gasteiger partial charge on any atom is 0.172 e. The van der Waals surface area contributed by atoms with Crippen LogP contribution in [-0.2, 0) is 4.74 Å². The second-order valence-corrected chi connectivity index (χ2v) is 6.94. The van der Waals surface area contributed by atoms with E-state index in [1.807, 2.05) is 4.57 Å². The smallest absolute Gasteiger partial charge is 0.172 e. The number of amidine groups is 1. The Kier molecular flexibility index (Phi) is 5.58. The van der Waals surface area contributed by atoms with Crippen molar-refractivity contribution >= 4 is 22.7 Å². The van der Waals surface area contributed by atoms with E-state index in [9.17, 15) is 10.3 Å². The highest BCUT2D eigenvalue weighted by Crippen LogP contribution is 2.34. The number of anilines is 1. The molecule has 2 unspecified atom stereocenters. The molecule has 3 rings (SSSR count). The van der Waals surface area contributed by atoms with Crippen LogP contribution in [0, 0.1) is 5.92 Å². The van der Waals surface area contributed by atoms with Gasteiger partial charge in [0.15, 0.2) is 5.84 Å². The lowest BCUT2D eigenvalue weighted by molar-refractivity contribution is -0.0204. The number of fused-ring (bicyclic) bond motifs is 1. The van der Waals surface area contributed by atoms with Crippen LogP contribution >= 0.6 is 0 Å². The third-order valence-electron chi connectivity index (χ3n) is 4.61. The molecule has 0 bridgehead atoms. The number of aromatic nitrogens is 3. The fourth-order valence-electron chi connectivity index (χ4n) is 3.19. The second-order valence-electron chi connectivity index (χ2n) is 6.94. The van der Waals surface area contributed by atoms with Crippen molar-refractivity contribution in [3.63, 3.8) is 0 Å². The van der Waals surface area contributed by atoms with Gasteiger partial charge in [-0.05, 0) is 25.2 Å². The van der Waals surface area contributed by atoms with Gasteiger partial charge in [-0.2, -0.15) is 0 Å². The number of rotatable bonds is 7. The van der Waals surface area contributed by atoms with Gasteiger partial charge in [0.25, 0.3) is 0 Å². The summed E-state index contributed by atoms with van der Waals surface area (Å²) in [5, 5.41) is 25.7. The molecule has 1 fully saturated rings. The fraction of sp³-hybridized carbons (Fsp3) is 0.588. The molecular formula is C17H26N6O3. The Morgan fingerprint density at radius 1 is 1.46 bits per heavy atom. The molecule has 9 heteroatoms. The van der Waals surface area contributed by atoms with E-state index in [1.165, 1.54) is 6.33 Å². The van der Waals surface area contributed by atoms with Gasteiger partial charge in [0, 0.05) is 12.7 Å². The average Bonchev–Trinajstić information content (AvgIpc) is 3.25. The van der Waals surface area contributed by atoms with Crippen molar-refractivity contribution in [1.82, 2.24) is 14.5 Å². The van der Waals surface area contributed by atoms with E-state index in [-0.39, 0.29) is 24.8 Å². The Morgan fingerprint density at radius 3 is 2.92 bits per heavy atom. The number of nitrogens with two attached hydrogens (primary N) is 1. The summed E-state index contributed by atoms with van der Waals surface area (Å²) in [6.07, 6.45) is 5.34. The standard InChI is InChI=1S/C17H26N6O3/c1-10(2)5-6-19-16-14-12(15(18)22-25)7-23(17(14)21-9-20-16)13-4-3-11(8-24)26-13/h7,9-11,13,24-25H,3-6,8H2,1-2H3,(H2,18,22)(H,19,20,21). The van der Waals surface area contributed by atoms with Crippen LogP contribution in [0.15, 0.2) is 17.7 Å². The van der Waals surface area contributed by atoms with Crippen molar-refractivity contribution in [2.45, 2.75) is 45.4 Å². The molecule has 1 saturated heterocycles. The first kappa shape index (κ1) is 18.4. The molecule has 9 nitrogen and oxygen atoms in total. The number of ether oxygens (including phenoxy) is 1. The molecule has 2 aromatic rings. The molecule has 0 radical (unpaired) electrons. The minimum atomic E-state index is -0.256. The molecule has 0 saturated carbocycles. The largest absolute Gasteiger partial charge is 0.409 e. The first-order valence-corrected chi connectivity index (χ1v) is 8.88. The Bertz CT molecular complexity index is 788. The molecule has 2 aromatic heterocycles. The molecule has 1 aliphatic rings. The Balaban J connectivity index is 2.02. The van der Waals surface area contributed by atoms with Gasteiger partial charge in [0.2, 0.25) is 0 Å². The minimum absolute atomic E-state index is 0.00725. The predicted molar refractivity (Wildman–Crippen MR) is 98.2 cm³/mol. The first-order chi connectivity index (χ1) is 12.5. The van der Waals surface area contributed by atoms with Crippen LogP contribution in [0.2, 0.25) is 0 Å². The van der Waals surface area contributed by atoms with E-state index < -0.39 is 0 Å². The van der Waals surface area contributed by atoms with Crippen LogP contribution in [0.4, 0.5) is 5.82 Å².